The van der Waals surface area contributed by atoms with Gasteiger partial charge in [-0.2, -0.15) is 4.98 Å². The van der Waals surface area contributed by atoms with Crippen LogP contribution in [0.15, 0.2) is 4.52 Å². The highest BCUT2D eigenvalue weighted by Gasteiger charge is 2.37. The zero-order chi connectivity index (χ0) is 11.7. The fourth-order valence-corrected chi connectivity index (χ4v) is 2.19. The largest absolute Gasteiger partial charge is 0.480 e. The first-order valence-electron chi connectivity index (χ1n) is 5.34. The molecule has 1 fully saturated rings. The van der Waals surface area contributed by atoms with Crippen LogP contribution >= 0.6 is 0 Å². The maximum Gasteiger partial charge on any atom is 0.321 e. The third-order valence-electron chi connectivity index (χ3n) is 2.97. The minimum Gasteiger partial charge on any atom is -0.480 e. The first kappa shape index (κ1) is 11.1. The van der Waals surface area contributed by atoms with Gasteiger partial charge in [-0.25, -0.2) is 0 Å². The topological polar surface area (TPSA) is 79.5 Å². The van der Waals surface area contributed by atoms with Crippen molar-refractivity contribution in [3.63, 3.8) is 0 Å². The molecule has 1 aliphatic heterocycles. The smallest absolute Gasteiger partial charge is 0.321 e. The summed E-state index contributed by atoms with van der Waals surface area (Å²) in [5.41, 5.74) is 0. The molecule has 6 heteroatoms. The van der Waals surface area contributed by atoms with Crippen LogP contribution in [0.5, 0.6) is 0 Å². The van der Waals surface area contributed by atoms with Gasteiger partial charge in [0.15, 0.2) is 5.82 Å². The Labute approximate surface area is 93.2 Å². The van der Waals surface area contributed by atoms with Crippen molar-refractivity contribution in [2.24, 2.45) is 5.92 Å². The van der Waals surface area contributed by atoms with E-state index in [1.54, 1.807) is 6.92 Å². The molecule has 1 aliphatic rings. The van der Waals surface area contributed by atoms with E-state index in [9.17, 15) is 4.79 Å². The Bertz CT molecular complexity index is 390. The van der Waals surface area contributed by atoms with E-state index in [2.05, 4.69) is 10.1 Å². The first-order valence-corrected chi connectivity index (χ1v) is 5.34. The SMILES string of the molecule is Cc1nc(CN2CCC(C)C2C(=O)O)no1. The van der Waals surface area contributed by atoms with Crippen LogP contribution < -0.4 is 0 Å². The maximum absolute atomic E-state index is 11.1. The molecule has 0 bridgehead atoms. The van der Waals surface area contributed by atoms with Crippen LogP contribution in [0.1, 0.15) is 25.1 Å². The van der Waals surface area contributed by atoms with Gasteiger partial charge in [-0.3, -0.25) is 9.69 Å². The number of carboxylic acid groups (broad SMARTS) is 1. The molecule has 2 unspecified atom stereocenters. The van der Waals surface area contributed by atoms with Crippen LogP contribution in [0.25, 0.3) is 0 Å². The van der Waals surface area contributed by atoms with E-state index in [1.165, 1.54) is 0 Å². The number of aromatic nitrogens is 2. The Morgan fingerprint density at radius 2 is 2.44 bits per heavy atom. The van der Waals surface area contributed by atoms with Gasteiger partial charge in [0.1, 0.15) is 6.04 Å². The second-order valence-corrected chi connectivity index (χ2v) is 4.25. The highest BCUT2D eigenvalue weighted by molar-refractivity contribution is 5.74. The number of likely N-dealkylation sites (tertiary alicyclic amines) is 1. The van der Waals surface area contributed by atoms with Gasteiger partial charge in [-0.15, -0.1) is 0 Å². The normalized spacial score (nSPS) is 26.1. The summed E-state index contributed by atoms with van der Waals surface area (Å²) in [7, 11) is 0. The minimum absolute atomic E-state index is 0.172. The second-order valence-electron chi connectivity index (χ2n) is 4.25. The van der Waals surface area contributed by atoms with E-state index in [4.69, 9.17) is 9.63 Å². The lowest BCUT2D eigenvalue weighted by Gasteiger charge is -2.21. The molecule has 0 spiro atoms. The molecule has 1 saturated heterocycles. The third kappa shape index (κ3) is 2.06. The summed E-state index contributed by atoms with van der Waals surface area (Å²) in [4.78, 5) is 17.1. The summed E-state index contributed by atoms with van der Waals surface area (Å²) in [6.07, 6.45) is 0.897. The minimum atomic E-state index is -0.773. The Balaban J connectivity index is 2.07. The Hall–Kier alpha value is -1.43. The van der Waals surface area contributed by atoms with Crippen molar-refractivity contribution in [1.29, 1.82) is 0 Å². The van der Waals surface area contributed by atoms with Gasteiger partial charge in [0.2, 0.25) is 5.89 Å². The van der Waals surface area contributed by atoms with Gasteiger partial charge in [0.25, 0.3) is 0 Å². The molecule has 2 rings (SSSR count). The molecular weight excluding hydrogens is 210 g/mol. The quantitative estimate of drug-likeness (QED) is 0.814. The summed E-state index contributed by atoms with van der Waals surface area (Å²) < 4.78 is 4.86. The van der Waals surface area contributed by atoms with E-state index in [0.29, 0.717) is 18.3 Å². The molecule has 0 radical (unpaired) electrons. The fraction of sp³-hybridized carbons (Fsp3) is 0.700. The molecule has 0 amide bonds. The maximum atomic E-state index is 11.1. The number of carbonyl (C=O) groups is 1. The van der Waals surface area contributed by atoms with Crippen LogP contribution in [0.3, 0.4) is 0 Å². The standard InChI is InChI=1S/C10H15N3O3/c1-6-3-4-13(9(6)10(14)15)5-8-11-7(2)16-12-8/h6,9H,3-5H2,1-2H3,(H,14,15). The molecule has 0 saturated carbocycles. The first-order chi connectivity index (χ1) is 7.58. The van der Waals surface area contributed by atoms with Crippen molar-refractivity contribution in [3.8, 4) is 0 Å². The van der Waals surface area contributed by atoms with Gasteiger partial charge >= 0.3 is 5.97 Å². The van der Waals surface area contributed by atoms with Crippen LogP contribution in [0, 0.1) is 12.8 Å². The lowest BCUT2D eigenvalue weighted by molar-refractivity contribution is -0.143. The highest BCUT2D eigenvalue weighted by atomic mass is 16.5. The van der Waals surface area contributed by atoms with Gasteiger partial charge < -0.3 is 9.63 Å². The Morgan fingerprint density at radius 1 is 1.69 bits per heavy atom. The van der Waals surface area contributed by atoms with Gasteiger partial charge in [0.05, 0.1) is 6.54 Å². The zero-order valence-electron chi connectivity index (χ0n) is 9.38. The van der Waals surface area contributed by atoms with Crippen molar-refractivity contribution in [2.75, 3.05) is 6.54 Å². The molecule has 0 aliphatic carbocycles. The van der Waals surface area contributed by atoms with E-state index >= 15 is 0 Å². The second kappa shape index (κ2) is 4.21. The average molecular weight is 225 g/mol. The molecule has 2 heterocycles. The highest BCUT2D eigenvalue weighted by Crippen LogP contribution is 2.25. The number of hydrogen-bond donors (Lipinski definition) is 1. The summed E-state index contributed by atoms with van der Waals surface area (Å²) in [6.45, 7) is 4.89. The molecule has 0 aromatic carbocycles. The monoisotopic (exact) mass is 225 g/mol. The molecule has 2 atom stereocenters. The Kier molecular flexibility index (Phi) is 2.91. The molecule has 16 heavy (non-hydrogen) atoms. The van der Waals surface area contributed by atoms with Gasteiger partial charge in [0, 0.05) is 6.92 Å². The van der Waals surface area contributed by atoms with Crippen molar-refractivity contribution in [2.45, 2.75) is 32.9 Å². The predicted molar refractivity (Wildman–Crippen MR) is 54.6 cm³/mol. The van der Waals surface area contributed by atoms with E-state index in [1.807, 2.05) is 11.8 Å². The molecule has 1 aromatic heterocycles. The predicted octanol–water partition coefficient (Wildman–Crippen LogP) is 0.673. The van der Waals surface area contributed by atoms with E-state index in [-0.39, 0.29) is 5.92 Å². The molecule has 6 nitrogen and oxygen atoms in total. The number of aryl methyl sites for hydroxylation is 1. The Morgan fingerprint density at radius 3 is 3.00 bits per heavy atom. The van der Waals surface area contributed by atoms with Crippen LogP contribution in [-0.4, -0.2) is 38.7 Å². The van der Waals surface area contributed by atoms with Crippen LogP contribution in [0.4, 0.5) is 0 Å². The lowest BCUT2D eigenvalue weighted by atomic mass is 10.0. The number of hydrogen-bond acceptors (Lipinski definition) is 5. The number of aliphatic carboxylic acids is 1. The molecule has 1 N–H and O–H groups in total. The van der Waals surface area contributed by atoms with Crippen molar-refractivity contribution in [1.82, 2.24) is 15.0 Å². The summed E-state index contributed by atoms with van der Waals surface area (Å²) in [5.74, 6) is 0.461. The summed E-state index contributed by atoms with van der Waals surface area (Å²) in [6, 6.07) is -0.432. The van der Waals surface area contributed by atoms with Crippen molar-refractivity contribution < 1.29 is 14.4 Å². The third-order valence-corrected chi connectivity index (χ3v) is 2.97. The zero-order valence-corrected chi connectivity index (χ0v) is 9.38. The van der Waals surface area contributed by atoms with E-state index in [0.717, 1.165) is 13.0 Å². The number of nitrogens with zero attached hydrogens (tertiary/aromatic N) is 3. The summed E-state index contributed by atoms with van der Waals surface area (Å²) >= 11 is 0. The number of rotatable bonds is 3. The van der Waals surface area contributed by atoms with Gasteiger partial charge in [-0.05, 0) is 18.9 Å². The van der Waals surface area contributed by atoms with Crippen LogP contribution in [-0.2, 0) is 11.3 Å². The average Bonchev–Trinajstić information content (AvgIpc) is 2.74. The molecule has 88 valence electrons. The fourth-order valence-electron chi connectivity index (χ4n) is 2.19. The van der Waals surface area contributed by atoms with Crippen molar-refractivity contribution >= 4 is 5.97 Å². The molecular formula is C10H15N3O3. The van der Waals surface area contributed by atoms with Gasteiger partial charge in [-0.1, -0.05) is 12.1 Å². The lowest BCUT2D eigenvalue weighted by Crippen LogP contribution is -2.38. The van der Waals surface area contributed by atoms with Crippen LogP contribution in [0.2, 0.25) is 0 Å². The van der Waals surface area contributed by atoms with E-state index < -0.39 is 12.0 Å². The van der Waals surface area contributed by atoms with Crippen molar-refractivity contribution in [3.05, 3.63) is 11.7 Å². The number of carboxylic acids is 1. The summed E-state index contributed by atoms with van der Waals surface area (Å²) in [5, 5.41) is 12.9. The molecule has 1 aromatic rings.